The number of carbonyl (C=O) groups excluding carboxylic acids is 2. The quantitative estimate of drug-likeness (QED) is 0.574. The lowest BCUT2D eigenvalue weighted by molar-refractivity contribution is -0.122. The van der Waals surface area contributed by atoms with Gasteiger partial charge in [-0.2, -0.15) is 0 Å². The number of hydrogen-bond acceptors (Lipinski definition) is 5. The minimum Gasteiger partial charge on any atom is -0.385 e. The summed E-state index contributed by atoms with van der Waals surface area (Å²) in [7, 11) is 1.60. The SMILES string of the molecule is COCCCN1C(=O)S/C(=C/c2cc(C)n(-c3ccccn3)c2C)C1=O. The molecule has 1 saturated heterocycles. The summed E-state index contributed by atoms with van der Waals surface area (Å²) in [5, 5.41) is -0.226. The Morgan fingerprint density at radius 1 is 1.27 bits per heavy atom. The molecule has 26 heavy (non-hydrogen) atoms. The van der Waals surface area contributed by atoms with Crippen LogP contribution < -0.4 is 0 Å². The number of aryl methyl sites for hydroxylation is 1. The Kier molecular flexibility index (Phi) is 5.58. The van der Waals surface area contributed by atoms with Crippen molar-refractivity contribution in [1.82, 2.24) is 14.5 Å². The third kappa shape index (κ3) is 3.59. The third-order valence-corrected chi connectivity index (χ3v) is 5.15. The predicted molar refractivity (Wildman–Crippen MR) is 102 cm³/mol. The number of thioether (sulfide) groups is 1. The van der Waals surface area contributed by atoms with E-state index in [1.54, 1.807) is 19.4 Å². The van der Waals surface area contributed by atoms with Crippen molar-refractivity contribution in [3.05, 3.63) is 52.3 Å². The van der Waals surface area contributed by atoms with Gasteiger partial charge in [0.25, 0.3) is 11.1 Å². The summed E-state index contributed by atoms with van der Waals surface area (Å²) >= 11 is 0.987. The van der Waals surface area contributed by atoms with Gasteiger partial charge < -0.3 is 9.30 Å². The van der Waals surface area contributed by atoms with Crippen LogP contribution >= 0.6 is 11.8 Å². The third-order valence-electron chi connectivity index (χ3n) is 4.24. The first-order valence-corrected chi connectivity index (χ1v) is 9.19. The van der Waals surface area contributed by atoms with Crippen LogP contribution in [0.3, 0.4) is 0 Å². The summed E-state index contributed by atoms with van der Waals surface area (Å²) in [6.07, 6.45) is 4.18. The maximum atomic E-state index is 12.5. The number of imide groups is 1. The van der Waals surface area contributed by atoms with Gasteiger partial charge in [-0.25, -0.2) is 4.98 Å². The molecule has 0 unspecified atom stereocenters. The lowest BCUT2D eigenvalue weighted by Crippen LogP contribution is -2.29. The second-order valence-corrected chi connectivity index (χ2v) is 7.02. The number of aromatic nitrogens is 2. The summed E-state index contributed by atoms with van der Waals surface area (Å²) < 4.78 is 7.03. The van der Waals surface area contributed by atoms with Gasteiger partial charge in [-0.1, -0.05) is 6.07 Å². The highest BCUT2D eigenvalue weighted by atomic mass is 32.2. The summed E-state index contributed by atoms with van der Waals surface area (Å²) in [4.78, 5) is 30.8. The van der Waals surface area contributed by atoms with Crippen LogP contribution in [0.2, 0.25) is 0 Å². The van der Waals surface area contributed by atoms with E-state index >= 15 is 0 Å². The van der Waals surface area contributed by atoms with Crippen LogP contribution in [0.1, 0.15) is 23.4 Å². The molecule has 0 radical (unpaired) electrons. The van der Waals surface area contributed by atoms with Gasteiger partial charge in [0, 0.05) is 37.8 Å². The molecule has 3 rings (SSSR count). The van der Waals surface area contributed by atoms with E-state index in [2.05, 4.69) is 4.98 Å². The monoisotopic (exact) mass is 371 g/mol. The first kappa shape index (κ1) is 18.4. The van der Waals surface area contributed by atoms with Gasteiger partial charge in [-0.05, 0) is 61.9 Å². The smallest absolute Gasteiger partial charge is 0.293 e. The Morgan fingerprint density at radius 2 is 2.08 bits per heavy atom. The van der Waals surface area contributed by atoms with Crippen molar-refractivity contribution in [1.29, 1.82) is 0 Å². The van der Waals surface area contributed by atoms with Gasteiger partial charge in [-0.15, -0.1) is 0 Å². The summed E-state index contributed by atoms with van der Waals surface area (Å²) in [5.74, 6) is 0.591. The van der Waals surface area contributed by atoms with Gasteiger partial charge in [-0.3, -0.25) is 14.5 Å². The minimum atomic E-state index is -0.237. The normalized spacial score (nSPS) is 16.1. The molecule has 0 atom stereocenters. The van der Waals surface area contributed by atoms with Crippen molar-refractivity contribution >= 4 is 29.0 Å². The average Bonchev–Trinajstić information content (AvgIpc) is 3.05. The maximum Gasteiger partial charge on any atom is 0.293 e. The highest BCUT2D eigenvalue weighted by Gasteiger charge is 2.34. The molecule has 1 aliphatic heterocycles. The van der Waals surface area contributed by atoms with Gasteiger partial charge in [0.1, 0.15) is 5.82 Å². The largest absolute Gasteiger partial charge is 0.385 e. The van der Waals surface area contributed by atoms with Crippen molar-refractivity contribution in [2.24, 2.45) is 0 Å². The topological polar surface area (TPSA) is 64.4 Å². The molecular weight excluding hydrogens is 350 g/mol. The number of amides is 2. The van der Waals surface area contributed by atoms with Crippen molar-refractivity contribution in [2.75, 3.05) is 20.3 Å². The molecule has 0 aliphatic carbocycles. The van der Waals surface area contributed by atoms with Gasteiger partial charge in [0.2, 0.25) is 0 Å². The van der Waals surface area contributed by atoms with Crippen molar-refractivity contribution in [3.63, 3.8) is 0 Å². The minimum absolute atomic E-state index is 0.226. The molecule has 6 nitrogen and oxygen atoms in total. The molecule has 1 aliphatic rings. The molecule has 2 aromatic heterocycles. The molecule has 0 bridgehead atoms. The fraction of sp³-hybridized carbons (Fsp3) is 0.316. The van der Waals surface area contributed by atoms with E-state index in [0.717, 1.165) is 34.5 Å². The Labute approximate surface area is 156 Å². The van der Waals surface area contributed by atoms with E-state index in [9.17, 15) is 9.59 Å². The van der Waals surface area contributed by atoms with Crippen molar-refractivity contribution < 1.29 is 14.3 Å². The number of ether oxygens (including phenoxy) is 1. The molecule has 0 aromatic carbocycles. The Morgan fingerprint density at radius 3 is 2.77 bits per heavy atom. The van der Waals surface area contributed by atoms with Crippen LogP contribution in [-0.4, -0.2) is 45.9 Å². The fourth-order valence-electron chi connectivity index (χ4n) is 2.97. The van der Waals surface area contributed by atoms with Crippen LogP contribution in [0.25, 0.3) is 11.9 Å². The van der Waals surface area contributed by atoms with E-state index in [-0.39, 0.29) is 11.1 Å². The number of nitrogens with zero attached hydrogens (tertiary/aromatic N) is 3. The maximum absolute atomic E-state index is 12.5. The number of hydrogen-bond donors (Lipinski definition) is 0. The number of pyridine rings is 1. The van der Waals surface area contributed by atoms with Crippen LogP contribution in [-0.2, 0) is 9.53 Å². The van der Waals surface area contributed by atoms with Crippen LogP contribution in [0.4, 0.5) is 4.79 Å². The summed E-state index contributed by atoms with van der Waals surface area (Å²) in [6, 6.07) is 7.75. The van der Waals surface area contributed by atoms with Crippen LogP contribution in [0.5, 0.6) is 0 Å². The zero-order valence-electron chi connectivity index (χ0n) is 15.1. The zero-order valence-corrected chi connectivity index (χ0v) is 15.9. The molecule has 0 N–H and O–H groups in total. The summed E-state index contributed by atoms with van der Waals surface area (Å²) in [5.41, 5.74) is 2.91. The standard InChI is InChI=1S/C19H21N3O3S/c1-13-11-15(14(2)22(13)17-7-4-5-8-20-17)12-16-18(23)21(19(24)26-16)9-6-10-25-3/h4-5,7-8,11-12H,6,9-10H2,1-3H3/b16-12+. The van der Waals surface area contributed by atoms with E-state index in [1.807, 2.05) is 42.7 Å². The lowest BCUT2D eigenvalue weighted by Gasteiger charge is -2.11. The molecule has 0 spiro atoms. The van der Waals surface area contributed by atoms with Crippen molar-refractivity contribution in [3.8, 4) is 5.82 Å². The Bertz CT molecular complexity index is 858. The average molecular weight is 371 g/mol. The molecular formula is C19H21N3O3S. The predicted octanol–water partition coefficient (Wildman–Crippen LogP) is 3.56. The van der Waals surface area contributed by atoms with Gasteiger partial charge >= 0.3 is 0 Å². The highest BCUT2D eigenvalue weighted by Crippen LogP contribution is 2.33. The highest BCUT2D eigenvalue weighted by molar-refractivity contribution is 8.18. The Balaban J connectivity index is 1.87. The second-order valence-electron chi connectivity index (χ2n) is 6.03. The van der Waals surface area contributed by atoms with Gasteiger partial charge in [0.05, 0.1) is 4.91 Å². The number of rotatable bonds is 6. The fourth-order valence-corrected chi connectivity index (χ4v) is 3.83. The van der Waals surface area contributed by atoms with Crippen LogP contribution in [0, 0.1) is 13.8 Å². The molecule has 136 valence electrons. The Hall–Kier alpha value is -2.38. The van der Waals surface area contributed by atoms with Crippen LogP contribution in [0.15, 0.2) is 35.4 Å². The first-order valence-electron chi connectivity index (χ1n) is 8.37. The van der Waals surface area contributed by atoms with E-state index in [0.29, 0.717) is 24.5 Å². The number of methoxy groups -OCH3 is 1. The second kappa shape index (κ2) is 7.88. The summed E-state index contributed by atoms with van der Waals surface area (Å²) in [6.45, 7) is 4.88. The molecule has 3 heterocycles. The molecule has 2 amide bonds. The molecule has 1 fully saturated rings. The van der Waals surface area contributed by atoms with E-state index < -0.39 is 0 Å². The molecule has 7 heteroatoms. The van der Waals surface area contributed by atoms with Crippen molar-refractivity contribution in [2.45, 2.75) is 20.3 Å². The van der Waals surface area contributed by atoms with E-state index in [4.69, 9.17) is 4.74 Å². The van der Waals surface area contributed by atoms with Gasteiger partial charge in [0.15, 0.2) is 0 Å². The van der Waals surface area contributed by atoms with E-state index in [1.165, 1.54) is 4.90 Å². The molecule has 2 aromatic rings. The zero-order chi connectivity index (χ0) is 18.7. The number of carbonyl (C=O) groups is 2. The molecule has 0 saturated carbocycles. The first-order chi connectivity index (χ1) is 12.5. The lowest BCUT2D eigenvalue weighted by atomic mass is 10.2.